The smallest absolute Gasteiger partial charge is 0.189 e. The highest BCUT2D eigenvalue weighted by molar-refractivity contribution is 5.99. The molecule has 4 rings (SSSR count). The number of nitrogens with two attached hydrogens (primary N) is 1. The zero-order chi connectivity index (χ0) is 21.6. The lowest BCUT2D eigenvalue weighted by molar-refractivity contribution is 0.0988. The number of aryl methyl sites for hydroxylation is 1. The third-order valence-corrected chi connectivity index (χ3v) is 5.80. The molecule has 2 N–H and O–H groups in total. The predicted molar refractivity (Wildman–Crippen MR) is 123 cm³/mol. The summed E-state index contributed by atoms with van der Waals surface area (Å²) in [6.45, 7) is 5.22. The first-order valence-electron chi connectivity index (χ1n) is 11.0. The molecule has 0 amide bonds. The Bertz CT molecular complexity index is 1040. The quantitative estimate of drug-likeness (QED) is 0.558. The maximum Gasteiger partial charge on any atom is 0.189 e. The van der Waals surface area contributed by atoms with Gasteiger partial charge < -0.3 is 5.73 Å². The molecule has 0 unspecified atom stereocenters. The summed E-state index contributed by atoms with van der Waals surface area (Å²) in [5.74, 6) is 0.0338. The fourth-order valence-corrected chi connectivity index (χ4v) is 4.08. The van der Waals surface area contributed by atoms with Gasteiger partial charge in [0.25, 0.3) is 0 Å². The van der Waals surface area contributed by atoms with Crippen LogP contribution in [0.15, 0.2) is 48.9 Å². The standard InChI is InChI=1S/C25H29N5O/c1-2-5-18-6-8-19(9-7-18)22-16-28-25(26)24(29-22)23(31)14-21-15-27-11-10-20(21)17-30-12-3-4-13-30/h6-11,15-16H,2-5,12-14,17H2,1H3,(H2,26,28). The van der Waals surface area contributed by atoms with Gasteiger partial charge in [0.05, 0.1) is 11.9 Å². The molecule has 2 aromatic heterocycles. The summed E-state index contributed by atoms with van der Waals surface area (Å²) in [6.07, 6.45) is 10.0. The number of nitrogens with zero attached hydrogens (tertiary/aromatic N) is 4. The summed E-state index contributed by atoms with van der Waals surface area (Å²) in [6, 6.07) is 10.2. The number of aromatic nitrogens is 3. The van der Waals surface area contributed by atoms with E-state index in [-0.39, 0.29) is 23.7 Å². The average Bonchev–Trinajstić information content (AvgIpc) is 3.29. The van der Waals surface area contributed by atoms with E-state index < -0.39 is 0 Å². The van der Waals surface area contributed by atoms with E-state index in [4.69, 9.17) is 5.73 Å². The van der Waals surface area contributed by atoms with E-state index in [1.165, 1.54) is 18.4 Å². The first-order chi connectivity index (χ1) is 15.1. The Kier molecular flexibility index (Phi) is 6.67. The predicted octanol–water partition coefficient (Wildman–Crippen LogP) is 4.09. The first kappa shape index (κ1) is 21.1. The summed E-state index contributed by atoms with van der Waals surface area (Å²) >= 11 is 0. The number of hydrogen-bond acceptors (Lipinski definition) is 6. The summed E-state index contributed by atoms with van der Waals surface area (Å²) in [7, 11) is 0. The minimum atomic E-state index is -0.134. The number of benzene rings is 1. The van der Waals surface area contributed by atoms with Crippen LogP contribution in [0.25, 0.3) is 11.3 Å². The molecule has 1 aromatic carbocycles. The van der Waals surface area contributed by atoms with E-state index in [0.717, 1.165) is 49.2 Å². The van der Waals surface area contributed by atoms with Crippen molar-refractivity contribution in [2.75, 3.05) is 18.8 Å². The molecule has 31 heavy (non-hydrogen) atoms. The molecule has 0 atom stereocenters. The molecule has 0 saturated carbocycles. The van der Waals surface area contributed by atoms with Crippen LogP contribution in [-0.2, 0) is 19.4 Å². The second-order valence-electron chi connectivity index (χ2n) is 8.16. The van der Waals surface area contributed by atoms with Crippen molar-refractivity contribution in [3.05, 3.63) is 71.3 Å². The van der Waals surface area contributed by atoms with Crippen molar-refractivity contribution in [3.8, 4) is 11.3 Å². The molecule has 6 nitrogen and oxygen atoms in total. The molecule has 1 fully saturated rings. The summed E-state index contributed by atoms with van der Waals surface area (Å²) in [5.41, 5.74) is 11.2. The van der Waals surface area contributed by atoms with Gasteiger partial charge in [-0.3, -0.25) is 14.7 Å². The van der Waals surface area contributed by atoms with E-state index in [1.807, 2.05) is 18.2 Å². The molecule has 1 saturated heterocycles. The van der Waals surface area contributed by atoms with Crippen molar-refractivity contribution in [1.82, 2.24) is 19.9 Å². The molecule has 0 radical (unpaired) electrons. The van der Waals surface area contributed by atoms with Crippen LogP contribution >= 0.6 is 0 Å². The second kappa shape index (κ2) is 9.79. The van der Waals surface area contributed by atoms with Crippen molar-refractivity contribution < 1.29 is 4.79 Å². The van der Waals surface area contributed by atoms with E-state index in [0.29, 0.717) is 5.69 Å². The number of nitrogen functional groups attached to an aromatic ring is 1. The zero-order valence-electron chi connectivity index (χ0n) is 18.1. The molecule has 0 spiro atoms. The monoisotopic (exact) mass is 415 g/mol. The van der Waals surface area contributed by atoms with Gasteiger partial charge in [0.2, 0.25) is 0 Å². The average molecular weight is 416 g/mol. The summed E-state index contributed by atoms with van der Waals surface area (Å²) in [4.78, 5) is 28.6. The number of carbonyl (C=O) groups excluding carboxylic acids is 1. The Labute approximate surface area is 183 Å². The van der Waals surface area contributed by atoms with Gasteiger partial charge in [-0.05, 0) is 55.1 Å². The molecule has 1 aliphatic rings. The SMILES string of the molecule is CCCc1ccc(-c2cnc(N)c(C(=O)Cc3cnccc3CN3CCCC3)n2)cc1. The molecule has 3 aromatic rings. The molecule has 160 valence electrons. The number of Topliss-reactive ketones (excluding diaryl/α,β-unsaturated/α-hetero) is 1. The van der Waals surface area contributed by atoms with Crippen LogP contribution in [0.3, 0.4) is 0 Å². The Morgan fingerprint density at radius 2 is 1.84 bits per heavy atom. The minimum Gasteiger partial charge on any atom is -0.382 e. The fraction of sp³-hybridized carbons (Fsp3) is 0.360. The van der Waals surface area contributed by atoms with Crippen LogP contribution in [0, 0.1) is 0 Å². The van der Waals surface area contributed by atoms with Gasteiger partial charge in [-0.1, -0.05) is 37.6 Å². The molecule has 1 aliphatic heterocycles. The van der Waals surface area contributed by atoms with Gasteiger partial charge in [-0.25, -0.2) is 9.97 Å². The van der Waals surface area contributed by atoms with Crippen molar-refractivity contribution in [2.45, 2.75) is 45.6 Å². The highest BCUT2D eigenvalue weighted by Gasteiger charge is 2.19. The molecule has 3 heterocycles. The normalized spacial score (nSPS) is 14.1. The number of likely N-dealkylation sites (tertiary alicyclic amines) is 1. The Hall–Kier alpha value is -3.12. The third-order valence-electron chi connectivity index (χ3n) is 5.80. The lowest BCUT2D eigenvalue weighted by Gasteiger charge is -2.17. The lowest BCUT2D eigenvalue weighted by Crippen LogP contribution is -2.20. The van der Waals surface area contributed by atoms with Crippen molar-refractivity contribution in [1.29, 1.82) is 0 Å². The van der Waals surface area contributed by atoms with Crippen LogP contribution in [0.5, 0.6) is 0 Å². The topological polar surface area (TPSA) is 85.0 Å². The first-order valence-corrected chi connectivity index (χ1v) is 11.0. The summed E-state index contributed by atoms with van der Waals surface area (Å²) in [5, 5.41) is 0. The number of carbonyl (C=O) groups is 1. The van der Waals surface area contributed by atoms with E-state index in [9.17, 15) is 4.79 Å². The van der Waals surface area contributed by atoms with Gasteiger partial charge in [-0.2, -0.15) is 0 Å². The van der Waals surface area contributed by atoms with E-state index in [2.05, 4.69) is 38.9 Å². The molecule has 0 aliphatic carbocycles. The number of anilines is 1. The lowest BCUT2D eigenvalue weighted by atomic mass is 10.0. The third kappa shape index (κ3) is 5.14. The second-order valence-corrected chi connectivity index (χ2v) is 8.16. The van der Waals surface area contributed by atoms with Gasteiger partial charge in [-0.15, -0.1) is 0 Å². The van der Waals surface area contributed by atoms with Gasteiger partial charge in [0.1, 0.15) is 5.69 Å². The van der Waals surface area contributed by atoms with Crippen molar-refractivity contribution in [2.24, 2.45) is 0 Å². The van der Waals surface area contributed by atoms with Gasteiger partial charge in [0, 0.05) is 30.9 Å². The Morgan fingerprint density at radius 3 is 2.58 bits per heavy atom. The Morgan fingerprint density at radius 1 is 1.06 bits per heavy atom. The summed E-state index contributed by atoms with van der Waals surface area (Å²) < 4.78 is 0. The highest BCUT2D eigenvalue weighted by atomic mass is 16.1. The van der Waals surface area contributed by atoms with Crippen LogP contribution in [0.4, 0.5) is 5.82 Å². The fourth-order valence-electron chi connectivity index (χ4n) is 4.08. The molecular formula is C25H29N5O. The van der Waals surface area contributed by atoms with Gasteiger partial charge in [0.15, 0.2) is 11.6 Å². The van der Waals surface area contributed by atoms with Crippen LogP contribution in [0.2, 0.25) is 0 Å². The largest absolute Gasteiger partial charge is 0.382 e. The zero-order valence-corrected chi connectivity index (χ0v) is 18.1. The van der Waals surface area contributed by atoms with Crippen LogP contribution < -0.4 is 5.73 Å². The minimum absolute atomic E-state index is 0.134. The van der Waals surface area contributed by atoms with E-state index in [1.54, 1.807) is 18.6 Å². The van der Waals surface area contributed by atoms with Crippen molar-refractivity contribution in [3.63, 3.8) is 0 Å². The van der Waals surface area contributed by atoms with E-state index >= 15 is 0 Å². The maximum atomic E-state index is 13.1. The molecule has 6 heteroatoms. The van der Waals surface area contributed by atoms with Crippen LogP contribution in [0.1, 0.15) is 53.4 Å². The van der Waals surface area contributed by atoms with Crippen molar-refractivity contribution >= 4 is 11.6 Å². The maximum absolute atomic E-state index is 13.1. The van der Waals surface area contributed by atoms with Gasteiger partial charge >= 0.3 is 0 Å². The molecular weight excluding hydrogens is 386 g/mol. The number of ketones is 1. The van der Waals surface area contributed by atoms with Crippen LogP contribution in [-0.4, -0.2) is 38.7 Å². The number of pyridine rings is 1. The molecule has 0 bridgehead atoms. The number of rotatable bonds is 8. The Balaban J connectivity index is 1.54. The number of hydrogen-bond donors (Lipinski definition) is 1. The highest BCUT2D eigenvalue weighted by Crippen LogP contribution is 2.22.